The fourth-order valence-corrected chi connectivity index (χ4v) is 2.06. The summed E-state index contributed by atoms with van der Waals surface area (Å²) in [7, 11) is 1.49. The molecule has 1 aromatic carbocycles. The molecule has 0 unspecified atom stereocenters. The summed E-state index contributed by atoms with van der Waals surface area (Å²) < 4.78 is 0.799. The Morgan fingerprint density at radius 3 is 2.28 bits per heavy atom. The van der Waals surface area contributed by atoms with E-state index in [0.29, 0.717) is 5.56 Å². The highest BCUT2D eigenvalue weighted by molar-refractivity contribution is 9.10. The maximum Gasteiger partial charge on any atom is 0.329 e. The first kappa shape index (κ1) is 14.7. The predicted octanol–water partition coefficient (Wildman–Crippen LogP) is 2.69. The minimum absolute atomic E-state index is 0.313. The molecular formula is C13H16BrNO3. The van der Waals surface area contributed by atoms with Crippen LogP contribution in [-0.2, 0) is 4.79 Å². The van der Waals surface area contributed by atoms with Crippen LogP contribution in [0.3, 0.4) is 0 Å². The molecule has 0 saturated heterocycles. The van der Waals surface area contributed by atoms with Crippen LogP contribution in [0.25, 0.3) is 0 Å². The summed E-state index contributed by atoms with van der Waals surface area (Å²) in [6.07, 6.45) is 0. The maximum atomic E-state index is 12.2. The zero-order valence-electron chi connectivity index (χ0n) is 10.8. The SMILES string of the molecule is Cc1cc(Br)cc(C(=O)N(C)C(C)(C)C(=O)O)c1. The van der Waals surface area contributed by atoms with Gasteiger partial charge >= 0.3 is 5.97 Å². The number of likely N-dealkylation sites (N-methyl/N-ethyl adjacent to an activating group) is 1. The van der Waals surface area contributed by atoms with Gasteiger partial charge in [-0.3, -0.25) is 4.79 Å². The van der Waals surface area contributed by atoms with E-state index < -0.39 is 11.5 Å². The van der Waals surface area contributed by atoms with Crippen LogP contribution in [0.4, 0.5) is 0 Å². The van der Waals surface area contributed by atoms with E-state index in [1.54, 1.807) is 12.1 Å². The molecule has 0 aromatic heterocycles. The van der Waals surface area contributed by atoms with Gasteiger partial charge < -0.3 is 10.0 Å². The number of aryl methyl sites for hydroxylation is 1. The van der Waals surface area contributed by atoms with Crippen LogP contribution >= 0.6 is 15.9 Å². The summed E-state index contributed by atoms with van der Waals surface area (Å²) in [4.78, 5) is 24.6. The molecule has 0 aliphatic carbocycles. The average Bonchev–Trinajstić information content (AvgIpc) is 2.25. The number of aliphatic carboxylic acids is 1. The van der Waals surface area contributed by atoms with Crippen LogP contribution in [0, 0.1) is 6.92 Å². The van der Waals surface area contributed by atoms with Crippen LogP contribution in [0.5, 0.6) is 0 Å². The number of benzene rings is 1. The van der Waals surface area contributed by atoms with Gasteiger partial charge in [-0.2, -0.15) is 0 Å². The number of carboxylic acid groups (broad SMARTS) is 1. The molecule has 98 valence electrons. The summed E-state index contributed by atoms with van der Waals surface area (Å²) in [5.74, 6) is -1.35. The Kier molecular flexibility index (Phi) is 4.16. The van der Waals surface area contributed by atoms with Crippen molar-refractivity contribution in [3.63, 3.8) is 0 Å². The first-order chi connectivity index (χ1) is 8.16. The van der Waals surface area contributed by atoms with Crippen molar-refractivity contribution >= 4 is 27.8 Å². The third-order valence-corrected chi connectivity index (χ3v) is 3.41. The molecule has 1 aromatic rings. The number of rotatable bonds is 3. The molecule has 0 atom stereocenters. The van der Waals surface area contributed by atoms with Gasteiger partial charge in [0.1, 0.15) is 5.54 Å². The lowest BCUT2D eigenvalue weighted by molar-refractivity contribution is -0.147. The molecule has 18 heavy (non-hydrogen) atoms. The summed E-state index contributed by atoms with van der Waals surface area (Å²) in [5, 5.41) is 9.11. The van der Waals surface area contributed by atoms with E-state index in [1.165, 1.54) is 25.8 Å². The van der Waals surface area contributed by atoms with Gasteiger partial charge in [0.2, 0.25) is 0 Å². The Morgan fingerprint density at radius 1 is 1.28 bits per heavy atom. The van der Waals surface area contributed by atoms with Crippen molar-refractivity contribution in [3.8, 4) is 0 Å². The van der Waals surface area contributed by atoms with Gasteiger partial charge in [0.15, 0.2) is 0 Å². The number of carboxylic acids is 1. The zero-order chi connectivity index (χ0) is 14.1. The van der Waals surface area contributed by atoms with Crippen LogP contribution in [-0.4, -0.2) is 34.5 Å². The topological polar surface area (TPSA) is 57.6 Å². The first-order valence-electron chi connectivity index (χ1n) is 5.45. The fraction of sp³-hybridized carbons (Fsp3) is 0.385. The standard InChI is InChI=1S/C13H16BrNO3/c1-8-5-9(7-10(14)6-8)11(16)15(4)13(2,3)12(17)18/h5-7H,1-4H3,(H,17,18). The normalized spacial score (nSPS) is 11.2. The lowest BCUT2D eigenvalue weighted by Gasteiger charge is -2.31. The van der Waals surface area contributed by atoms with Gasteiger partial charge in [-0.25, -0.2) is 4.79 Å². The van der Waals surface area contributed by atoms with Gasteiger partial charge in [-0.1, -0.05) is 15.9 Å². The summed E-state index contributed by atoms with van der Waals surface area (Å²) >= 11 is 3.32. The molecule has 0 aliphatic rings. The van der Waals surface area contributed by atoms with Crippen LogP contribution in [0.1, 0.15) is 29.8 Å². The molecule has 0 bridgehead atoms. The number of nitrogens with zero attached hydrogens (tertiary/aromatic N) is 1. The van der Waals surface area contributed by atoms with Crippen LogP contribution in [0.15, 0.2) is 22.7 Å². The van der Waals surface area contributed by atoms with E-state index in [2.05, 4.69) is 15.9 Å². The second-order valence-electron chi connectivity index (χ2n) is 4.75. The molecule has 1 amide bonds. The van der Waals surface area contributed by atoms with Crippen molar-refractivity contribution in [1.29, 1.82) is 0 Å². The molecule has 5 heteroatoms. The molecule has 0 heterocycles. The summed E-state index contributed by atoms with van der Waals surface area (Å²) in [6.45, 7) is 4.88. The quantitative estimate of drug-likeness (QED) is 0.933. The van der Waals surface area contributed by atoms with E-state index in [1.807, 2.05) is 13.0 Å². The average molecular weight is 314 g/mol. The number of hydrogen-bond donors (Lipinski definition) is 1. The number of carbonyl (C=O) groups excluding carboxylic acids is 1. The Balaban J connectivity index is 3.11. The van der Waals surface area contributed by atoms with Crippen molar-refractivity contribution in [2.75, 3.05) is 7.05 Å². The number of amides is 1. The largest absolute Gasteiger partial charge is 0.480 e. The minimum Gasteiger partial charge on any atom is -0.480 e. The Morgan fingerprint density at radius 2 is 1.83 bits per heavy atom. The van der Waals surface area contributed by atoms with Crippen LogP contribution in [0.2, 0.25) is 0 Å². The predicted molar refractivity (Wildman–Crippen MR) is 72.7 cm³/mol. The second kappa shape index (κ2) is 5.10. The summed E-state index contributed by atoms with van der Waals surface area (Å²) in [6, 6.07) is 5.31. The van der Waals surface area contributed by atoms with Gasteiger partial charge in [0.25, 0.3) is 5.91 Å². The molecule has 1 rings (SSSR count). The molecule has 0 spiro atoms. The fourth-order valence-electron chi connectivity index (χ4n) is 1.45. The second-order valence-corrected chi connectivity index (χ2v) is 5.66. The Bertz CT molecular complexity index is 477. The lowest BCUT2D eigenvalue weighted by Crippen LogP contribution is -2.50. The Hall–Kier alpha value is -1.36. The third kappa shape index (κ3) is 2.90. The lowest BCUT2D eigenvalue weighted by atomic mass is 10.0. The minimum atomic E-state index is -1.24. The van der Waals surface area contributed by atoms with Gasteiger partial charge in [-0.05, 0) is 44.5 Å². The molecule has 0 aliphatic heterocycles. The Labute approximate surface area is 115 Å². The maximum absolute atomic E-state index is 12.2. The van der Waals surface area contributed by atoms with Gasteiger partial charge in [0, 0.05) is 17.1 Å². The highest BCUT2D eigenvalue weighted by atomic mass is 79.9. The molecule has 0 saturated carbocycles. The first-order valence-corrected chi connectivity index (χ1v) is 6.24. The highest BCUT2D eigenvalue weighted by Gasteiger charge is 2.35. The van der Waals surface area contributed by atoms with E-state index in [4.69, 9.17) is 5.11 Å². The van der Waals surface area contributed by atoms with E-state index in [0.717, 1.165) is 10.0 Å². The number of carbonyl (C=O) groups is 2. The highest BCUT2D eigenvalue weighted by Crippen LogP contribution is 2.20. The van der Waals surface area contributed by atoms with Gasteiger partial charge in [0.05, 0.1) is 0 Å². The van der Waals surface area contributed by atoms with Crippen LogP contribution < -0.4 is 0 Å². The number of hydrogen-bond acceptors (Lipinski definition) is 2. The molecular weight excluding hydrogens is 298 g/mol. The van der Waals surface area contributed by atoms with Crippen molar-refractivity contribution in [2.24, 2.45) is 0 Å². The zero-order valence-corrected chi connectivity index (χ0v) is 12.4. The van der Waals surface area contributed by atoms with Crippen molar-refractivity contribution < 1.29 is 14.7 Å². The molecule has 4 nitrogen and oxygen atoms in total. The smallest absolute Gasteiger partial charge is 0.329 e. The van der Waals surface area contributed by atoms with E-state index >= 15 is 0 Å². The van der Waals surface area contributed by atoms with Crippen molar-refractivity contribution in [1.82, 2.24) is 4.90 Å². The summed E-state index contributed by atoms with van der Waals surface area (Å²) in [5.41, 5.74) is 0.167. The van der Waals surface area contributed by atoms with Gasteiger partial charge in [-0.15, -0.1) is 0 Å². The van der Waals surface area contributed by atoms with E-state index in [9.17, 15) is 9.59 Å². The number of halogens is 1. The molecule has 0 fully saturated rings. The third-order valence-electron chi connectivity index (χ3n) is 2.96. The molecule has 1 N–H and O–H groups in total. The monoisotopic (exact) mass is 313 g/mol. The molecule has 0 radical (unpaired) electrons. The van der Waals surface area contributed by atoms with Crippen molar-refractivity contribution in [2.45, 2.75) is 26.3 Å². The van der Waals surface area contributed by atoms with E-state index in [-0.39, 0.29) is 5.91 Å². The van der Waals surface area contributed by atoms with Crippen molar-refractivity contribution in [3.05, 3.63) is 33.8 Å².